The molecule has 9 heteroatoms. The van der Waals surface area contributed by atoms with Crippen LogP contribution in [-0.4, -0.2) is 51.5 Å². The lowest BCUT2D eigenvalue weighted by molar-refractivity contribution is -0.386. The van der Waals surface area contributed by atoms with Gasteiger partial charge in [-0.2, -0.15) is 5.10 Å². The van der Waals surface area contributed by atoms with E-state index in [9.17, 15) is 20.0 Å². The Hall–Kier alpha value is -2.00. The van der Waals surface area contributed by atoms with E-state index in [4.69, 9.17) is 0 Å². The summed E-state index contributed by atoms with van der Waals surface area (Å²) < 4.78 is 1.41. The van der Waals surface area contributed by atoms with Crippen molar-refractivity contribution in [3.8, 4) is 0 Å². The number of amides is 1. The maximum Gasteiger partial charge on any atom is 0.312 e. The highest BCUT2D eigenvalue weighted by Gasteiger charge is 2.22. The van der Waals surface area contributed by atoms with Crippen LogP contribution in [0.15, 0.2) is 0 Å². The summed E-state index contributed by atoms with van der Waals surface area (Å²) in [5, 5.41) is 30.3. The van der Waals surface area contributed by atoms with Gasteiger partial charge in [0.25, 0.3) is 0 Å². The fourth-order valence-corrected chi connectivity index (χ4v) is 2.01. The predicted octanol–water partition coefficient (Wildman–Crippen LogP) is -0.505. The van der Waals surface area contributed by atoms with E-state index in [-0.39, 0.29) is 31.2 Å². The van der Waals surface area contributed by atoms with Gasteiger partial charge in [-0.15, -0.1) is 0 Å². The lowest BCUT2D eigenvalue weighted by Gasteiger charge is -2.12. The Bertz CT molecular complexity index is 514. The van der Waals surface area contributed by atoms with E-state index in [0.29, 0.717) is 17.9 Å². The molecule has 0 spiro atoms. The Morgan fingerprint density at radius 3 is 2.71 bits per heavy atom. The molecule has 0 fully saturated rings. The molecule has 1 aromatic heterocycles. The third-order valence-corrected chi connectivity index (χ3v) is 2.95. The number of likely N-dealkylation sites (N-methyl/N-ethyl adjacent to an activating group) is 1. The fourth-order valence-electron chi connectivity index (χ4n) is 2.01. The minimum atomic E-state index is -0.794. The Balaban J connectivity index is 2.52. The summed E-state index contributed by atoms with van der Waals surface area (Å²) in [5.41, 5.74) is 0.692. The molecule has 1 aromatic rings. The highest BCUT2D eigenvalue weighted by atomic mass is 16.6. The molecule has 0 bridgehead atoms. The smallest absolute Gasteiger partial charge is 0.312 e. The van der Waals surface area contributed by atoms with Crippen LogP contribution in [0.3, 0.4) is 0 Å². The lowest BCUT2D eigenvalue weighted by Crippen LogP contribution is -2.38. The summed E-state index contributed by atoms with van der Waals surface area (Å²) in [6.07, 6.45) is -0.794. The number of carbonyl (C=O) groups excluding carboxylic acids is 1. The van der Waals surface area contributed by atoms with E-state index in [2.05, 4.69) is 15.7 Å². The van der Waals surface area contributed by atoms with Crippen molar-refractivity contribution in [2.45, 2.75) is 33.4 Å². The molecule has 21 heavy (non-hydrogen) atoms. The number of carbonyl (C=O) groups is 1. The van der Waals surface area contributed by atoms with Crippen molar-refractivity contribution in [3.63, 3.8) is 0 Å². The monoisotopic (exact) mass is 299 g/mol. The molecule has 0 saturated heterocycles. The zero-order chi connectivity index (χ0) is 16.0. The van der Waals surface area contributed by atoms with E-state index >= 15 is 0 Å². The largest absolute Gasteiger partial charge is 0.390 e. The number of aliphatic hydroxyl groups excluding tert-OH is 1. The van der Waals surface area contributed by atoms with Crippen LogP contribution in [-0.2, 0) is 11.3 Å². The van der Waals surface area contributed by atoms with E-state index < -0.39 is 11.0 Å². The van der Waals surface area contributed by atoms with Gasteiger partial charge in [0, 0.05) is 13.1 Å². The number of hydrogen-bond donors (Lipinski definition) is 3. The third kappa shape index (κ3) is 4.80. The minimum absolute atomic E-state index is 0.0301. The van der Waals surface area contributed by atoms with Crippen molar-refractivity contribution in [3.05, 3.63) is 21.5 Å². The zero-order valence-electron chi connectivity index (χ0n) is 12.4. The van der Waals surface area contributed by atoms with Gasteiger partial charge in [-0.1, -0.05) is 0 Å². The molecular weight excluding hydrogens is 278 g/mol. The van der Waals surface area contributed by atoms with Gasteiger partial charge in [0.2, 0.25) is 5.91 Å². The van der Waals surface area contributed by atoms with Crippen LogP contribution >= 0.6 is 0 Å². The van der Waals surface area contributed by atoms with Gasteiger partial charge < -0.3 is 15.7 Å². The molecule has 1 rings (SSSR count). The third-order valence-electron chi connectivity index (χ3n) is 2.95. The minimum Gasteiger partial charge on any atom is -0.390 e. The highest BCUT2D eigenvalue weighted by Crippen LogP contribution is 2.21. The van der Waals surface area contributed by atoms with Crippen LogP contribution in [0.2, 0.25) is 0 Å². The number of aromatic nitrogens is 2. The molecule has 1 atom stereocenters. The standard InChI is InChI=1S/C12H21N5O4/c1-4-14-11(19)6-13-5-10(18)7-16-9(3)12(17(20)21)8(2)15-16/h10,13,18H,4-7H2,1-3H3,(H,14,19). The molecular formula is C12H21N5O4. The van der Waals surface area contributed by atoms with Crippen molar-refractivity contribution in [1.29, 1.82) is 0 Å². The first-order chi connectivity index (χ1) is 9.86. The number of hydrogen-bond acceptors (Lipinski definition) is 6. The second-order valence-electron chi connectivity index (χ2n) is 4.70. The number of rotatable bonds is 8. The predicted molar refractivity (Wildman–Crippen MR) is 75.9 cm³/mol. The molecule has 1 amide bonds. The quantitative estimate of drug-likeness (QED) is 0.439. The highest BCUT2D eigenvalue weighted by molar-refractivity contribution is 5.77. The van der Waals surface area contributed by atoms with Crippen molar-refractivity contribution >= 4 is 11.6 Å². The second kappa shape index (κ2) is 7.70. The molecule has 0 aliphatic rings. The summed E-state index contributed by atoms with van der Waals surface area (Å²) in [5.74, 6) is -0.147. The maximum absolute atomic E-state index is 11.2. The van der Waals surface area contributed by atoms with E-state index in [1.54, 1.807) is 13.8 Å². The molecule has 1 heterocycles. The molecule has 0 aliphatic heterocycles. The van der Waals surface area contributed by atoms with Gasteiger partial charge >= 0.3 is 5.69 Å². The van der Waals surface area contributed by atoms with Crippen molar-refractivity contribution in [2.75, 3.05) is 19.6 Å². The van der Waals surface area contributed by atoms with Gasteiger partial charge in [0.05, 0.1) is 24.1 Å². The van der Waals surface area contributed by atoms with Crippen LogP contribution in [0, 0.1) is 24.0 Å². The molecule has 1 unspecified atom stereocenters. The maximum atomic E-state index is 11.2. The van der Waals surface area contributed by atoms with Crippen LogP contribution < -0.4 is 10.6 Å². The SMILES string of the molecule is CCNC(=O)CNCC(O)Cn1nc(C)c([N+](=O)[O-])c1C. The van der Waals surface area contributed by atoms with Crippen LogP contribution in [0.1, 0.15) is 18.3 Å². The van der Waals surface area contributed by atoms with Gasteiger partial charge in [0.1, 0.15) is 11.4 Å². The average molecular weight is 299 g/mol. The Morgan fingerprint density at radius 1 is 1.52 bits per heavy atom. The van der Waals surface area contributed by atoms with E-state index in [1.165, 1.54) is 4.68 Å². The molecule has 0 aliphatic carbocycles. The lowest BCUT2D eigenvalue weighted by atomic mass is 10.3. The molecule has 9 nitrogen and oxygen atoms in total. The van der Waals surface area contributed by atoms with Gasteiger partial charge in [0.15, 0.2) is 0 Å². The van der Waals surface area contributed by atoms with Crippen molar-refractivity contribution < 1.29 is 14.8 Å². The summed E-state index contributed by atoms with van der Waals surface area (Å²) in [4.78, 5) is 21.6. The summed E-state index contributed by atoms with van der Waals surface area (Å²) >= 11 is 0. The number of nitro groups is 1. The Labute approximate surface area is 122 Å². The summed E-state index contributed by atoms with van der Waals surface area (Å²) in [6.45, 7) is 5.96. The molecule has 118 valence electrons. The molecule has 0 radical (unpaired) electrons. The number of nitrogens with one attached hydrogen (secondary N) is 2. The van der Waals surface area contributed by atoms with E-state index in [0.717, 1.165) is 0 Å². The normalized spacial score (nSPS) is 12.2. The first-order valence-corrected chi connectivity index (χ1v) is 6.70. The first-order valence-electron chi connectivity index (χ1n) is 6.70. The van der Waals surface area contributed by atoms with Gasteiger partial charge in [-0.3, -0.25) is 19.6 Å². The van der Waals surface area contributed by atoms with Crippen LogP contribution in [0.5, 0.6) is 0 Å². The number of aliphatic hydroxyl groups is 1. The first kappa shape index (κ1) is 17.1. The summed E-state index contributed by atoms with van der Waals surface area (Å²) in [6, 6.07) is 0. The second-order valence-corrected chi connectivity index (χ2v) is 4.70. The number of aryl methyl sites for hydroxylation is 1. The van der Waals surface area contributed by atoms with E-state index in [1.807, 2.05) is 6.92 Å². The zero-order valence-corrected chi connectivity index (χ0v) is 12.4. The Morgan fingerprint density at radius 2 is 2.19 bits per heavy atom. The summed E-state index contributed by atoms with van der Waals surface area (Å²) in [7, 11) is 0. The topological polar surface area (TPSA) is 122 Å². The molecule has 0 saturated carbocycles. The molecule has 0 aromatic carbocycles. The molecule has 3 N–H and O–H groups in total. The van der Waals surface area contributed by atoms with Gasteiger partial charge in [-0.05, 0) is 20.8 Å². The Kier molecular flexibility index (Phi) is 6.25. The average Bonchev–Trinajstić information content (AvgIpc) is 2.64. The van der Waals surface area contributed by atoms with Gasteiger partial charge in [-0.25, -0.2) is 0 Å². The van der Waals surface area contributed by atoms with Crippen molar-refractivity contribution in [2.24, 2.45) is 0 Å². The van der Waals surface area contributed by atoms with Crippen LogP contribution in [0.25, 0.3) is 0 Å². The fraction of sp³-hybridized carbons (Fsp3) is 0.667. The number of nitrogens with zero attached hydrogens (tertiary/aromatic N) is 3. The van der Waals surface area contributed by atoms with Crippen LogP contribution in [0.4, 0.5) is 5.69 Å². The van der Waals surface area contributed by atoms with Crippen molar-refractivity contribution in [1.82, 2.24) is 20.4 Å².